The van der Waals surface area contributed by atoms with Gasteiger partial charge in [0.1, 0.15) is 19.8 Å². The summed E-state index contributed by atoms with van der Waals surface area (Å²) in [4.78, 5) is 35.6. The van der Waals surface area contributed by atoms with E-state index in [2.05, 4.69) is 74.6 Å². The fourth-order valence-corrected chi connectivity index (χ4v) is 7.68. The lowest BCUT2D eigenvalue weighted by molar-refractivity contribution is -0.870. The van der Waals surface area contributed by atoms with E-state index in [0.29, 0.717) is 17.4 Å². The van der Waals surface area contributed by atoms with E-state index in [4.69, 9.17) is 18.5 Å². The summed E-state index contributed by atoms with van der Waals surface area (Å²) in [5.74, 6) is -0.833. The van der Waals surface area contributed by atoms with Crippen LogP contribution in [0.25, 0.3) is 0 Å². The van der Waals surface area contributed by atoms with Crippen LogP contribution in [0.5, 0.6) is 0 Å². The average Bonchev–Trinajstić information content (AvgIpc) is 3.25. The normalized spacial score (nSPS) is 13.9. The molecule has 0 aliphatic heterocycles. The highest BCUT2D eigenvalue weighted by molar-refractivity contribution is 7.47. The van der Waals surface area contributed by atoms with Gasteiger partial charge in [0, 0.05) is 12.8 Å². The molecule has 0 aromatic rings. The van der Waals surface area contributed by atoms with Crippen molar-refractivity contribution < 1.29 is 42.1 Å². The van der Waals surface area contributed by atoms with Crippen LogP contribution < -0.4 is 0 Å². The molecule has 1 N–H and O–H groups in total. The number of carbonyl (C=O) groups excluding carboxylic acids is 2. The standard InChI is InChI=1S/C54H98NO8P/c1-6-8-10-12-14-16-18-20-22-24-26-27-29-30-32-34-36-38-40-42-44-46-53(56)60-50-52(51-62-64(58,59)61-49-48-55(3,4)5)63-54(57)47-45-43-41-39-37-35-33-31-28-25-23-21-19-17-15-13-11-9-7-2/h15,17,20-23,28,31,35,37,52H,6-14,16,18-19,24-27,29-30,32-34,36,38-51H2,1-5H3/p+1/b17-15-,22-20-,23-21-,31-28-,37-35-/t52-/m1/s1. The number of unbranched alkanes of at least 4 members (excludes halogenated alkanes) is 23. The van der Waals surface area contributed by atoms with E-state index in [-0.39, 0.29) is 32.0 Å². The van der Waals surface area contributed by atoms with Gasteiger partial charge in [0.05, 0.1) is 27.7 Å². The van der Waals surface area contributed by atoms with Crippen LogP contribution in [0.3, 0.4) is 0 Å². The Morgan fingerprint density at radius 2 is 0.844 bits per heavy atom. The van der Waals surface area contributed by atoms with Gasteiger partial charge >= 0.3 is 19.8 Å². The lowest BCUT2D eigenvalue weighted by Gasteiger charge is -2.24. The number of carbonyl (C=O) groups is 2. The number of quaternary nitrogens is 1. The van der Waals surface area contributed by atoms with Crippen LogP contribution in [-0.4, -0.2) is 74.9 Å². The molecule has 0 aromatic carbocycles. The van der Waals surface area contributed by atoms with Crippen molar-refractivity contribution in [2.75, 3.05) is 47.5 Å². The molecule has 0 spiro atoms. The molecule has 0 heterocycles. The predicted octanol–water partition coefficient (Wildman–Crippen LogP) is 15.6. The van der Waals surface area contributed by atoms with Crippen LogP contribution >= 0.6 is 7.82 Å². The van der Waals surface area contributed by atoms with E-state index in [9.17, 15) is 19.0 Å². The Labute approximate surface area is 394 Å². The number of esters is 2. The van der Waals surface area contributed by atoms with E-state index in [1.54, 1.807) is 0 Å². The molecule has 0 aliphatic rings. The first-order valence-electron chi connectivity index (χ1n) is 26.0. The molecule has 0 aliphatic carbocycles. The number of phosphoric ester groups is 1. The first kappa shape index (κ1) is 61.7. The smallest absolute Gasteiger partial charge is 0.462 e. The Bertz CT molecular complexity index is 1270. The van der Waals surface area contributed by atoms with Crippen LogP contribution in [0.4, 0.5) is 0 Å². The van der Waals surface area contributed by atoms with E-state index >= 15 is 0 Å². The van der Waals surface area contributed by atoms with Crippen LogP contribution in [0.15, 0.2) is 60.8 Å². The Kier molecular flexibility index (Phi) is 44.2. The fraction of sp³-hybridized carbons (Fsp3) is 0.778. The molecule has 2 atom stereocenters. The Hall–Kier alpha value is -2.29. The molecule has 0 bridgehead atoms. The average molecular weight is 921 g/mol. The molecule has 10 heteroatoms. The van der Waals surface area contributed by atoms with Crippen LogP contribution in [-0.2, 0) is 32.7 Å². The number of rotatable bonds is 47. The largest absolute Gasteiger partial charge is 0.472 e. The number of hydrogen-bond acceptors (Lipinski definition) is 7. The highest BCUT2D eigenvalue weighted by atomic mass is 31.2. The quantitative estimate of drug-likeness (QED) is 0.0211. The number of allylic oxidation sites excluding steroid dienone is 10. The minimum Gasteiger partial charge on any atom is -0.462 e. The van der Waals surface area contributed by atoms with Gasteiger partial charge in [-0.3, -0.25) is 18.6 Å². The minimum absolute atomic E-state index is 0.0233. The number of hydrogen-bond donors (Lipinski definition) is 1. The molecule has 0 radical (unpaired) electrons. The topological polar surface area (TPSA) is 108 Å². The van der Waals surface area contributed by atoms with Crippen molar-refractivity contribution in [1.29, 1.82) is 0 Å². The first-order chi connectivity index (χ1) is 31.0. The maximum atomic E-state index is 12.7. The summed E-state index contributed by atoms with van der Waals surface area (Å²) in [6.45, 7) is 4.37. The first-order valence-corrected chi connectivity index (χ1v) is 27.5. The van der Waals surface area contributed by atoms with Crippen LogP contribution in [0.1, 0.15) is 219 Å². The summed E-state index contributed by atoms with van der Waals surface area (Å²) in [7, 11) is 1.45. The van der Waals surface area contributed by atoms with Crippen LogP contribution in [0.2, 0.25) is 0 Å². The molecule has 372 valence electrons. The summed E-state index contributed by atoms with van der Waals surface area (Å²) in [5, 5.41) is 0. The maximum Gasteiger partial charge on any atom is 0.472 e. The zero-order valence-electron chi connectivity index (χ0n) is 42.0. The van der Waals surface area contributed by atoms with Crippen molar-refractivity contribution in [1.82, 2.24) is 0 Å². The summed E-state index contributed by atoms with van der Waals surface area (Å²) >= 11 is 0. The second-order valence-electron chi connectivity index (χ2n) is 18.5. The molecular formula is C54H99NO8P+. The van der Waals surface area contributed by atoms with Crippen molar-refractivity contribution in [2.45, 2.75) is 225 Å². The highest BCUT2D eigenvalue weighted by Crippen LogP contribution is 2.43. The second-order valence-corrected chi connectivity index (χ2v) is 20.0. The Morgan fingerprint density at radius 1 is 0.484 bits per heavy atom. The number of likely N-dealkylation sites (N-methyl/N-ethyl adjacent to an activating group) is 1. The van der Waals surface area contributed by atoms with Crippen molar-refractivity contribution in [3.05, 3.63) is 60.8 Å². The van der Waals surface area contributed by atoms with Gasteiger partial charge in [-0.1, -0.05) is 184 Å². The van der Waals surface area contributed by atoms with Crippen molar-refractivity contribution in [3.8, 4) is 0 Å². The third kappa shape index (κ3) is 49.2. The molecule has 1 unspecified atom stereocenters. The monoisotopic (exact) mass is 921 g/mol. The molecule has 0 saturated heterocycles. The van der Waals surface area contributed by atoms with Gasteiger partial charge in [-0.2, -0.15) is 0 Å². The summed E-state index contributed by atoms with van der Waals surface area (Å²) in [5.41, 5.74) is 0. The van der Waals surface area contributed by atoms with Crippen molar-refractivity contribution in [3.63, 3.8) is 0 Å². The molecule has 0 saturated carbocycles. The molecule has 0 aromatic heterocycles. The fourth-order valence-electron chi connectivity index (χ4n) is 6.93. The number of nitrogens with zero attached hydrogens (tertiary/aromatic N) is 1. The lowest BCUT2D eigenvalue weighted by atomic mass is 10.0. The summed E-state index contributed by atoms with van der Waals surface area (Å²) in [6.07, 6.45) is 57.0. The molecular weight excluding hydrogens is 822 g/mol. The molecule has 0 amide bonds. The minimum atomic E-state index is -4.39. The van der Waals surface area contributed by atoms with E-state index in [1.165, 1.54) is 128 Å². The van der Waals surface area contributed by atoms with Gasteiger partial charge in [0.25, 0.3) is 0 Å². The van der Waals surface area contributed by atoms with Gasteiger partial charge in [-0.15, -0.1) is 0 Å². The predicted molar refractivity (Wildman–Crippen MR) is 270 cm³/mol. The van der Waals surface area contributed by atoms with Gasteiger partial charge < -0.3 is 18.9 Å². The summed E-state index contributed by atoms with van der Waals surface area (Å²) in [6, 6.07) is 0. The Morgan fingerprint density at radius 3 is 1.31 bits per heavy atom. The molecule has 64 heavy (non-hydrogen) atoms. The highest BCUT2D eigenvalue weighted by Gasteiger charge is 2.27. The van der Waals surface area contributed by atoms with E-state index < -0.39 is 26.5 Å². The third-order valence-electron chi connectivity index (χ3n) is 11.0. The van der Waals surface area contributed by atoms with Gasteiger partial charge in [-0.05, 0) is 83.5 Å². The second kappa shape index (κ2) is 45.8. The lowest BCUT2D eigenvalue weighted by Crippen LogP contribution is -2.37. The number of ether oxygens (including phenoxy) is 2. The molecule has 0 rings (SSSR count). The SMILES string of the molecule is CCCCC/C=C\C/C=C\C/C=C\C/C=C\CCCCCC(=O)O[C@H](COC(=O)CCCCCCCCCCCCC/C=C\CCCCCCCC)COP(=O)(O)OCC[N+](C)(C)C. The molecule has 0 fully saturated rings. The number of phosphoric acid groups is 1. The summed E-state index contributed by atoms with van der Waals surface area (Å²) < 4.78 is 34.4. The maximum absolute atomic E-state index is 12.7. The van der Waals surface area contributed by atoms with Crippen molar-refractivity contribution >= 4 is 19.8 Å². The van der Waals surface area contributed by atoms with Crippen LogP contribution in [0, 0.1) is 0 Å². The van der Waals surface area contributed by atoms with Gasteiger partial charge in [-0.25, -0.2) is 4.57 Å². The third-order valence-corrected chi connectivity index (χ3v) is 12.0. The zero-order valence-corrected chi connectivity index (χ0v) is 42.9. The van der Waals surface area contributed by atoms with Gasteiger partial charge in [0.2, 0.25) is 0 Å². The zero-order chi connectivity index (χ0) is 47.1. The van der Waals surface area contributed by atoms with Gasteiger partial charge in [0.15, 0.2) is 6.10 Å². The Balaban J connectivity index is 4.30. The van der Waals surface area contributed by atoms with E-state index in [0.717, 1.165) is 57.8 Å². The van der Waals surface area contributed by atoms with E-state index in [1.807, 2.05) is 21.1 Å². The molecule has 9 nitrogen and oxygen atoms in total. The van der Waals surface area contributed by atoms with Crippen molar-refractivity contribution in [2.24, 2.45) is 0 Å².